The molecule has 1 aromatic carbocycles. The zero-order valence-corrected chi connectivity index (χ0v) is 8.34. The van der Waals surface area contributed by atoms with E-state index in [2.05, 4.69) is 4.84 Å². The molecule has 0 aliphatic rings. The van der Waals surface area contributed by atoms with E-state index in [-0.39, 0.29) is 12.4 Å². The quantitative estimate of drug-likeness (QED) is 0.752. The van der Waals surface area contributed by atoms with Gasteiger partial charge in [0.05, 0.1) is 13.7 Å². The highest BCUT2D eigenvalue weighted by Crippen LogP contribution is 2.25. The van der Waals surface area contributed by atoms with Crippen LogP contribution >= 0.6 is 0 Å². The molecule has 0 saturated carbocycles. The number of hydrogen-bond acceptors (Lipinski definition) is 3. The first-order valence-corrected chi connectivity index (χ1v) is 4.39. The van der Waals surface area contributed by atoms with Gasteiger partial charge in [0.1, 0.15) is 11.6 Å². The summed E-state index contributed by atoms with van der Waals surface area (Å²) in [6.07, 6.45) is 0.752. The van der Waals surface area contributed by atoms with Crippen LogP contribution in [-0.2, 0) is 17.9 Å². The number of methoxy groups -OCH3 is 1. The molecule has 0 spiro atoms. The van der Waals surface area contributed by atoms with Crippen LogP contribution in [0.15, 0.2) is 12.1 Å². The van der Waals surface area contributed by atoms with E-state index in [9.17, 15) is 4.39 Å². The van der Waals surface area contributed by atoms with E-state index < -0.39 is 0 Å². The maximum atomic E-state index is 13.1. The van der Waals surface area contributed by atoms with Crippen molar-refractivity contribution >= 4 is 0 Å². The molecule has 0 aromatic heterocycles. The predicted octanol–water partition coefficient (Wildman–Crippen LogP) is 1.79. The van der Waals surface area contributed by atoms with Crippen molar-refractivity contribution in [1.82, 2.24) is 0 Å². The minimum Gasteiger partial charge on any atom is -0.496 e. The third kappa shape index (κ3) is 2.21. The van der Waals surface area contributed by atoms with Crippen molar-refractivity contribution in [1.29, 1.82) is 0 Å². The molecule has 0 bridgehead atoms. The lowest BCUT2D eigenvalue weighted by Crippen LogP contribution is -2.04. The van der Waals surface area contributed by atoms with Crippen molar-refractivity contribution in [3.63, 3.8) is 0 Å². The molecule has 0 saturated heterocycles. The van der Waals surface area contributed by atoms with E-state index >= 15 is 0 Å². The summed E-state index contributed by atoms with van der Waals surface area (Å²) < 4.78 is 18.1. The molecule has 0 heterocycles. The first-order valence-electron chi connectivity index (χ1n) is 4.39. The first kappa shape index (κ1) is 10.9. The predicted molar refractivity (Wildman–Crippen MR) is 51.3 cm³/mol. The van der Waals surface area contributed by atoms with Crippen LogP contribution in [0.2, 0.25) is 0 Å². The molecule has 1 rings (SSSR count). The summed E-state index contributed by atoms with van der Waals surface area (Å²) in [5.41, 5.74) is 1.66. The molecule has 78 valence electrons. The Labute approximate surface area is 82.6 Å². The topological polar surface area (TPSA) is 44.5 Å². The standard InChI is InChI=1S/C10H14FNO2/c1-3-9-7(6-14-12)4-8(11)5-10(9)13-2/h4-5H,3,6,12H2,1-2H3. The van der Waals surface area contributed by atoms with Gasteiger partial charge >= 0.3 is 0 Å². The van der Waals surface area contributed by atoms with Gasteiger partial charge in [-0.05, 0) is 23.6 Å². The van der Waals surface area contributed by atoms with Crippen molar-refractivity contribution in [3.05, 3.63) is 29.1 Å². The average Bonchev–Trinajstić information content (AvgIpc) is 2.17. The van der Waals surface area contributed by atoms with Crippen LogP contribution in [0.4, 0.5) is 4.39 Å². The van der Waals surface area contributed by atoms with E-state index in [0.717, 1.165) is 17.5 Å². The fourth-order valence-electron chi connectivity index (χ4n) is 1.47. The second-order valence-corrected chi connectivity index (χ2v) is 2.91. The number of nitrogens with two attached hydrogens (primary N) is 1. The zero-order chi connectivity index (χ0) is 10.6. The highest BCUT2D eigenvalue weighted by Gasteiger charge is 2.09. The third-order valence-electron chi connectivity index (χ3n) is 2.08. The highest BCUT2D eigenvalue weighted by atomic mass is 19.1. The van der Waals surface area contributed by atoms with Crippen molar-refractivity contribution in [2.24, 2.45) is 5.90 Å². The summed E-state index contributed by atoms with van der Waals surface area (Å²) in [6, 6.07) is 2.77. The molecule has 0 unspecified atom stereocenters. The van der Waals surface area contributed by atoms with Crippen molar-refractivity contribution in [2.75, 3.05) is 7.11 Å². The highest BCUT2D eigenvalue weighted by molar-refractivity contribution is 5.40. The third-order valence-corrected chi connectivity index (χ3v) is 2.08. The van der Waals surface area contributed by atoms with Gasteiger partial charge in [0.25, 0.3) is 0 Å². The molecule has 1 aromatic rings. The lowest BCUT2D eigenvalue weighted by Gasteiger charge is -2.11. The average molecular weight is 199 g/mol. The molecule has 0 radical (unpaired) electrons. The van der Waals surface area contributed by atoms with E-state index in [0.29, 0.717) is 5.75 Å². The van der Waals surface area contributed by atoms with Crippen LogP contribution in [0.5, 0.6) is 5.75 Å². The van der Waals surface area contributed by atoms with E-state index in [1.54, 1.807) is 0 Å². The van der Waals surface area contributed by atoms with E-state index in [1.165, 1.54) is 19.2 Å². The Kier molecular flexibility index (Phi) is 3.85. The van der Waals surface area contributed by atoms with Gasteiger partial charge in [-0.3, -0.25) is 4.84 Å². The fourth-order valence-corrected chi connectivity index (χ4v) is 1.47. The number of halogens is 1. The summed E-state index contributed by atoms with van der Waals surface area (Å²) in [5, 5.41) is 0. The second-order valence-electron chi connectivity index (χ2n) is 2.91. The second kappa shape index (κ2) is 4.93. The SMILES string of the molecule is CCc1c(CON)cc(F)cc1OC. The van der Waals surface area contributed by atoms with Gasteiger partial charge in [-0.25, -0.2) is 10.3 Å². The molecule has 0 aliphatic carbocycles. The summed E-state index contributed by atoms with van der Waals surface area (Å²) >= 11 is 0. The molecule has 0 aliphatic heterocycles. The van der Waals surface area contributed by atoms with Gasteiger partial charge < -0.3 is 4.74 Å². The summed E-state index contributed by atoms with van der Waals surface area (Å²) in [6.45, 7) is 2.16. The summed E-state index contributed by atoms with van der Waals surface area (Å²) in [5.74, 6) is 5.16. The van der Waals surface area contributed by atoms with Crippen LogP contribution in [-0.4, -0.2) is 7.11 Å². The monoisotopic (exact) mass is 199 g/mol. The maximum absolute atomic E-state index is 13.1. The molecule has 0 atom stereocenters. The number of ether oxygens (including phenoxy) is 1. The van der Waals surface area contributed by atoms with Gasteiger partial charge in [0.2, 0.25) is 0 Å². The Balaban J connectivity index is 3.17. The van der Waals surface area contributed by atoms with Crippen LogP contribution in [0, 0.1) is 5.82 Å². The van der Waals surface area contributed by atoms with Gasteiger partial charge in [-0.15, -0.1) is 0 Å². The lowest BCUT2D eigenvalue weighted by molar-refractivity contribution is 0.123. The Morgan fingerprint density at radius 1 is 1.43 bits per heavy atom. The lowest BCUT2D eigenvalue weighted by atomic mass is 10.0. The minimum atomic E-state index is -0.342. The molecule has 0 fully saturated rings. The Bertz CT molecular complexity index is 315. The largest absolute Gasteiger partial charge is 0.496 e. The van der Waals surface area contributed by atoms with Crippen molar-refractivity contribution in [3.8, 4) is 5.75 Å². The van der Waals surface area contributed by atoms with Crippen molar-refractivity contribution < 1.29 is 14.0 Å². The number of benzene rings is 1. The molecule has 14 heavy (non-hydrogen) atoms. The van der Waals surface area contributed by atoms with Gasteiger partial charge in [-0.1, -0.05) is 6.92 Å². The van der Waals surface area contributed by atoms with E-state index in [1.807, 2.05) is 6.92 Å². The fraction of sp³-hybridized carbons (Fsp3) is 0.400. The van der Waals surface area contributed by atoms with Gasteiger partial charge in [0.15, 0.2) is 0 Å². The Morgan fingerprint density at radius 2 is 2.14 bits per heavy atom. The molecule has 2 N–H and O–H groups in total. The summed E-state index contributed by atoms with van der Waals surface area (Å²) in [4.78, 5) is 4.50. The Morgan fingerprint density at radius 3 is 2.64 bits per heavy atom. The van der Waals surface area contributed by atoms with Crippen LogP contribution in [0.3, 0.4) is 0 Å². The van der Waals surface area contributed by atoms with Crippen molar-refractivity contribution in [2.45, 2.75) is 20.0 Å². The van der Waals surface area contributed by atoms with Crippen LogP contribution < -0.4 is 10.6 Å². The normalized spacial score (nSPS) is 10.3. The smallest absolute Gasteiger partial charge is 0.127 e. The van der Waals surface area contributed by atoms with Crippen LogP contribution in [0.25, 0.3) is 0 Å². The minimum absolute atomic E-state index is 0.192. The van der Waals surface area contributed by atoms with Gasteiger partial charge in [-0.2, -0.15) is 0 Å². The number of rotatable bonds is 4. The molecular formula is C10H14FNO2. The zero-order valence-electron chi connectivity index (χ0n) is 8.34. The molecule has 3 nitrogen and oxygen atoms in total. The molecule has 0 amide bonds. The maximum Gasteiger partial charge on any atom is 0.127 e. The molecular weight excluding hydrogens is 185 g/mol. The summed E-state index contributed by atoms with van der Waals surface area (Å²) in [7, 11) is 1.51. The van der Waals surface area contributed by atoms with E-state index in [4.69, 9.17) is 10.6 Å². The van der Waals surface area contributed by atoms with Gasteiger partial charge in [0, 0.05) is 6.07 Å². The van der Waals surface area contributed by atoms with Crippen LogP contribution in [0.1, 0.15) is 18.1 Å². The molecule has 4 heteroatoms. The Hall–Kier alpha value is -1.13. The number of hydrogen-bond donors (Lipinski definition) is 1. The first-order chi connectivity index (χ1) is 6.72.